The van der Waals surface area contributed by atoms with Gasteiger partial charge >= 0.3 is 0 Å². The zero-order valence-corrected chi connectivity index (χ0v) is 20.2. The van der Waals surface area contributed by atoms with Crippen LogP contribution in [0, 0.1) is 29.1 Å². The number of allylic oxidation sites excluding steroid dienone is 4. The van der Waals surface area contributed by atoms with Gasteiger partial charge in [0.1, 0.15) is 0 Å². The van der Waals surface area contributed by atoms with Crippen LogP contribution in [0.1, 0.15) is 122 Å². The van der Waals surface area contributed by atoms with E-state index in [0.29, 0.717) is 5.41 Å². The van der Waals surface area contributed by atoms with Crippen LogP contribution in [0.15, 0.2) is 37.0 Å². The molecule has 0 aromatic rings. The third kappa shape index (κ3) is 6.37. The lowest BCUT2D eigenvalue weighted by molar-refractivity contribution is 0.183. The minimum atomic E-state index is 0.469. The summed E-state index contributed by atoms with van der Waals surface area (Å²) in [7, 11) is 0. The second kappa shape index (κ2) is 12.3. The first-order chi connectivity index (χ1) is 14.7. The van der Waals surface area contributed by atoms with Crippen LogP contribution < -0.4 is 0 Å². The van der Waals surface area contributed by atoms with Gasteiger partial charge in [0.25, 0.3) is 0 Å². The molecule has 3 aliphatic carbocycles. The Hall–Kier alpha value is -0.780. The Morgan fingerprint density at radius 3 is 2.10 bits per heavy atom. The van der Waals surface area contributed by atoms with Crippen molar-refractivity contribution < 1.29 is 0 Å². The molecule has 0 heterocycles. The predicted octanol–water partition coefficient (Wildman–Crippen LogP) is 9.82. The summed E-state index contributed by atoms with van der Waals surface area (Å²) in [5.74, 6) is 3.49. The zero-order valence-electron chi connectivity index (χ0n) is 20.2. The molecule has 3 aliphatic rings. The molecular weight excluding hydrogens is 360 g/mol. The van der Waals surface area contributed by atoms with E-state index in [2.05, 4.69) is 31.7 Å². The largest absolute Gasteiger partial charge is 0.103 e. The van der Waals surface area contributed by atoms with Crippen molar-refractivity contribution in [2.75, 3.05) is 0 Å². The molecule has 0 saturated heterocycles. The van der Waals surface area contributed by atoms with Crippen molar-refractivity contribution in [2.24, 2.45) is 29.1 Å². The molecule has 3 rings (SSSR count). The normalized spacial score (nSPS) is 32.2. The maximum atomic E-state index is 4.79. The summed E-state index contributed by atoms with van der Waals surface area (Å²) >= 11 is 0. The summed E-state index contributed by atoms with van der Waals surface area (Å²) in [5.41, 5.74) is 2.12. The number of rotatable bonds is 10. The van der Waals surface area contributed by atoms with Crippen LogP contribution in [0.2, 0.25) is 0 Å². The van der Waals surface area contributed by atoms with Gasteiger partial charge < -0.3 is 0 Å². The van der Waals surface area contributed by atoms with Gasteiger partial charge in [-0.15, -0.1) is 6.58 Å². The monoisotopic (exact) mass is 410 g/mol. The van der Waals surface area contributed by atoms with Gasteiger partial charge in [0.15, 0.2) is 0 Å². The Kier molecular flexibility index (Phi) is 9.79. The van der Waals surface area contributed by atoms with Crippen LogP contribution in [0.25, 0.3) is 0 Å². The zero-order chi connectivity index (χ0) is 21.2. The first-order valence-electron chi connectivity index (χ1n) is 13.7. The molecule has 0 aliphatic heterocycles. The molecule has 0 heteroatoms. The fourth-order valence-corrected chi connectivity index (χ4v) is 7.11. The summed E-state index contributed by atoms with van der Waals surface area (Å²) in [5, 5.41) is 0. The quantitative estimate of drug-likeness (QED) is 0.314. The molecule has 0 amide bonds. The minimum Gasteiger partial charge on any atom is -0.103 e. The van der Waals surface area contributed by atoms with E-state index in [1.54, 1.807) is 5.57 Å². The van der Waals surface area contributed by atoms with E-state index in [1.807, 2.05) is 0 Å². The lowest BCUT2D eigenvalue weighted by Gasteiger charge is -2.44. The summed E-state index contributed by atoms with van der Waals surface area (Å²) in [6, 6.07) is 0. The Morgan fingerprint density at radius 2 is 1.47 bits per heavy atom. The molecule has 2 atom stereocenters. The van der Waals surface area contributed by atoms with E-state index in [-0.39, 0.29) is 0 Å². The van der Waals surface area contributed by atoms with Gasteiger partial charge in [0.05, 0.1) is 0 Å². The van der Waals surface area contributed by atoms with Crippen LogP contribution in [0.5, 0.6) is 0 Å². The van der Waals surface area contributed by atoms with Crippen molar-refractivity contribution in [1.82, 2.24) is 0 Å². The van der Waals surface area contributed by atoms with E-state index in [0.717, 1.165) is 23.7 Å². The summed E-state index contributed by atoms with van der Waals surface area (Å²) in [6.45, 7) is 11.1. The third-order valence-electron chi connectivity index (χ3n) is 9.31. The minimum absolute atomic E-state index is 0.469. The Labute approximate surface area is 188 Å². The molecule has 0 aromatic carbocycles. The highest BCUT2D eigenvalue weighted by Gasteiger charge is 2.38. The van der Waals surface area contributed by atoms with Crippen LogP contribution >= 0.6 is 0 Å². The first kappa shape index (κ1) is 23.9. The molecule has 0 nitrogen and oxygen atoms in total. The maximum Gasteiger partial charge on any atom is -0.00904 e. The lowest BCUT2D eigenvalue weighted by atomic mass is 9.60. The SMILES string of the molecule is C=CCCC1CCC(CC/C=C/C2CCCCC2C(=C)C2(CC)CCCCC2)CC1. The van der Waals surface area contributed by atoms with Crippen molar-refractivity contribution >= 4 is 0 Å². The molecule has 0 N–H and O–H groups in total. The highest BCUT2D eigenvalue weighted by atomic mass is 14.4. The molecule has 3 saturated carbocycles. The average molecular weight is 411 g/mol. The molecule has 0 radical (unpaired) electrons. The molecule has 170 valence electrons. The maximum absolute atomic E-state index is 4.79. The van der Waals surface area contributed by atoms with Gasteiger partial charge in [-0.05, 0) is 86.9 Å². The van der Waals surface area contributed by atoms with Crippen LogP contribution in [0.4, 0.5) is 0 Å². The van der Waals surface area contributed by atoms with E-state index < -0.39 is 0 Å². The second-order valence-corrected chi connectivity index (χ2v) is 11.0. The van der Waals surface area contributed by atoms with E-state index >= 15 is 0 Å². The number of hydrogen-bond donors (Lipinski definition) is 0. The van der Waals surface area contributed by atoms with E-state index in [9.17, 15) is 0 Å². The summed E-state index contributed by atoms with van der Waals surface area (Å²) < 4.78 is 0. The topological polar surface area (TPSA) is 0 Å². The second-order valence-electron chi connectivity index (χ2n) is 11.0. The van der Waals surface area contributed by atoms with Gasteiger partial charge in [-0.25, -0.2) is 0 Å². The molecule has 0 spiro atoms. The van der Waals surface area contributed by atoms with Crippen LogP contribution in [-0.2, 0) is 0 Å². The van der Waals surface area contributed by atoms with Crippen molar-refractivity contribution in [2.45, 2.75) is 122 Å². The predicted molar refractivity (Wildman–Crippen MR) is 134 cm³/mol. The Balaban J connectivity index is 1.46. The highest BCUT2D eigenvalue weighted by molar-refractivity contribution is 5.19. The summed E-state index contributed by atoms with van der Waals surface area (Å²) in [4.78, 5) is 0. The molecular formula is C30H50. The number of hydrogen-bond acceptors (Lipinski definition) is 0. The summed E-state index contributed by atoms with van der Waals surface area (Å²) in [6.07, 6.45) is 32.5. The van der Waals surface area contributed by atoms with Gasteiger partial charge in [-0.3, -0.25) is 0 Å². The van der Waals surface area contributed by atoms with Crippen molar-refractivity contribution in [3.63, 3.8) is 0 Å². The molecule has 0 bridgehead atoms. The molecule has 0 aromatic heterocycles. The third-order valence-corrected chi connectivity index (χ3v) is 9.31. The van der Waals surface area contributed by atoms with Crippen molar-refractivity contribution in [3.05, 3.63) is 37.0 Å². The van der Waals surface area contributed by atoms with Gasteiger partial charge in [-0.1, -0.05) is 95.1 Å². The fourth-order valence-electron chi connectivity index (χ4n) is 7.11. The Bertz CT molecular complexity index is 538. The van der Waals surface area contributed by atoms with Crippen molar-refractivity contribution in [3.8, 4) is 0 Å². The van der Waals surface area contributed by atoms with Crippen LogP contribution in [0.3, 0.4) is 0 Å². The lowest BCUT2D eigenvalue weighted by Crippen LogP contribution is -2.33. The Morgan fingerprint density at radius 1 is 0.833 bits per heavy atom. The fraction of sp³-hybridized carbons (Fsp3) is 0.800. The highest BCUT2D eigenvalue weighted by Crippen LogP contribution is 2.51. The van der Waals surface area contributed by atoms with Crippen LogP contribution in [-0.4, -0.2) is 0 Å². The van der Waals surface area contributed by atoms with Gasteiger partial charge in [-0.2, -0.15) is 0 Å². The first-order valence-corrected chi connectivity index (χ1v) is 13.7. The molecule has 2 unspecified atom stereocenters. The average Bonchev–Trinajstić information content (AvgIpc) is 2.81. The van der Waals surface area contributed by atoms with Crippen molar-refractivity contribution in [1.29, 1.82) is 0 Å². The smallest absolute Gasteiger partial charge is 0.00904 e. The molecule has 30 heavy (non-hydrogen) atoms. The standard InChI is InChI=1S/C30H50/c1-4-6-14-26-19-21-27(22-20-26)15-8-9-16-28-17-10-11-18-29(28)25(3)30(5-2)23-12-7-13-24-30/h4,9,16,26-29H,1,3,5-8,10-15,17-24H2,2H3/b16-9+. The molecule has 3 fully saturated rings. The van der Waals surface area contributed by atoms with Gasteiger partial charge in [0.2, 0.25) is 0 Å². The van der Waals surface area contributed by atoms with E-state index in [4.69, 9.17) is 6.58 Å². The van der Waals surface area contributed by atoms with E-state index in [1.165, 1.54) is 116 Å². The van der Waals surface area contributed by atoms with Gasteiger partial charge in [0, 0.05) is 0 Å².